The van der Waals surface area contributed by atoms with E-state index in [1.807, 2.05) is 79.9 Å². The van der Waals surface area contributed by atoms with Crippen LogP contribution in [0.5, 0.6) is 5.75 Å². The first-order valence-corrected chi connectivity index (χ1v) is 12.5. The van der Waals surface area contributed by atoms with Gasteiger partial charge in [-0.1, -0.05) is 29.8 Å². The lowest BCUT2D eigenvalue weighted by Gasteiger charge is -2.15. The molecule has 5 aromatic rings. The van der Waals surface area contributed by atoms with Gasteiger partial charge in [0.15, 0.2) is 0 Å². The SMILES string of the molecule is CCOC(=O)c1c(C)n(-c2ccc(C)cc2)c2ccc(OCC(O)Cn3c(C)nc4ccccc43)cc12. The van der Waals surface area contributed by atoms with Gasteiger partial charge in [0.1, 0.15) is 24.3 Å². The van der Waals surface area contributed by atoms with E-state index in [2.05, 4.69) is 21.7 Å². The minimum Gasteiger partial charge on any atom is -0.491 e. The molecule has 37 heavy (non-hydrogen) atoms. The molecule has 1 N–H and O–H groups in total. The Morgan fingerprint density at radius 2 is 1.76 bits per heavy atom. The Balaban J connectivity index is 1.43. The molecule has 3 aromatic carbocycles. The first kappa shape index (κ1) is 24.6. The van der Waals surface area contributed by atoms with Crippen LogP contribution in [0, 0.1) is 20.8 Å². The molecule has 0 aliphatic rings. The van der Waals surface area contributed by atoms with Gasteiger partial charge < -0.3 is 23.7 Å². The Bertz CT molecular complexity index is 1580. The zero-order valence-electron chi connectivity index (χ0n) is 21.6. The maximum atomic E-state index is 12.9. The van der Waals surface area contributed by atoms with Crippen LogP contribution in [0.2, 0.25) is 0 Å². The van der Waals surface area contributed by atoms with E-state index in [0.29, 0.717) is 24.5 Å². The Morgan fingerprint density at radius 3 is 2.51 bits per heavy atom. The number of fused-ring (bicyclic) bond motifs is 2. The number of esters is 1. The number of carbonyl (C=O) groups is 1. The summed E-state index contributed by atoms with van der Waals surface area (Å²) in [5, 5.41) is 11.5. The molecule has 0 saturated carbocycles. The molecule has 0 fully saturated rings. The van der Waals surface area contributed by atoms with Gasteiger partial charge in [0.2, 0.25) is 0 Å². The average molecular weight is 498 g/mol. The van der Waals surface area contributed by atoms with Crippen molar-refractivity contribution in [3.8, 4) is 11.4 Å². The van der Waals surface area contributed by atoms with Crippen LogP contribution in [0.15, 0.2) is 66.7 Å². The number of carbonyl (C=O) groups excluding carboxylic acids is 1. The third-order valence-electron chi connectivity index (χ3n) is 6.63. The van der Waals surface area contributed by atoms with Crippen LogP contribution in [0.1, 0.15) is 34.4 Å². The minimum absolute atomic E-state index is 0.101. The molecule has 0 amide bonds. The number of nitrogens with zero attached hydrogens (tertiary/aromatic N) is 3. The smallest absolute Gasteiger partial charge is 0.340 e. The standard InChI is InChI=1S/C30H31N3O4/c1-5-36-30(35)29-20(3)33(22-12-10-19(2)11-13-22)27-15-14-24(16-25(27)29)37-18-23(34)17-32-21(4)31-26-8-6-7-9-28(26)32/h6-16,23,34H,5,17-18H2,1-4H3. The number of benzene rings is 3. The fraction of sp³-hybridized carbons (Fsp3) is 0.267. The molecule has 5 rings (SSSR count). The molecular weight excluding hydrogens is 466 g/mol. The summed E-state index contributed by atoms with van der Waals surface area (Å²) in [5.41, 5.74) is 6.22. The van der Waals surface area contributed by atoms with Gasteiger partial charge in [0.25, 0.3) is 0 Å². The van der Waals surface area contributed by atoms with E-state index < -0.39 is 6.10 Å². The summed E-state index contributed by atoms with van der Waals surface area (Å²) in [6, 6.07) is 21.7. The van der Waals surface area contributed by atoms with Gasteiger partial charge in [-0.2, -0.15) is 0 Å². The minimum atomic E-state index is -0.740. The Morgan fingerprint density at radius 1 is 1.00 bits per heavy atom. The van der Waals surface area contributed by atoms with Crippen molar-refractivity contribution in [1.82, 2.24) is 14.1 Å². The van der Waals surface area contributed by atoms with E-state index >= 15 is 0 Å². The highest BCUT2D eigenvalue weighted by molar-refractivity contribution is 6.07. The number of hydrogen-bond acceptors (Lipinski definition) is 5. The van der Waals surface area contributed by atoms with E-state index in [1.165, 1.54) is 0 Å². The van der Waals surface area contributed by atoms with Gasteiger partial charge >= 0.3 is 5.97 Å². The zero-order chi connectivity index (χ0) is 26.1. The molecule has 7 nitrogen and oxygen atoms in total. The average Bonchev–Trinajstić information content (AvgIpc) is 3.35. The molecule has 190 valence electrons. The number of hydrogen-bond donors (Lipinski definition) is 1. The number of imidazole rings is 1. The van der Waals surface area contributed by atoms with Crippen LogP contribution < -0.4 is 4.74 Å². The third kappa shape index (κ3) is 4.70. The number of aliphatic hydroxyl groups is 1. The molecular formula is C30H31N3O4. The van der Waals surface area contributed by atoms with Crippen molar-refractivity contribution < 1.29 is 19.4 Å². The van der Waals surface area contributed by atoms with Gasteiger partial charge in [-0.15, -0.1) is 0 Å². The van der Waals surface area contributed by atoms with Crippen LogP contribution in [-0.2, 0) is 11.3 Å². The van der Waals surface area contributed by atoms with Crippen LogP contribution in [0.4, 0.5) is 0 Å². The normalized spacial score (nSPS) is 12.2. The second kappa shape index (κ2) is 10.1. The molecule has 0 spiro atoms. The van der Waals surface area contributed by atoms with E-state index in [0.717, 1.165) is 44.7 Å². The van der Waals surface area contributed by atoms with Crippen LogP contribution in [0.3, 0.4) is 0 Å². The van der Waals surface area contributed by atoms with E-state index in [1.54, 1.807) is 6.92 Å². The third-order valence-corrected chi connectivity index (χ3v) is 6.63. The quantitative estimate of drug-likeness (QED) is 0.286. The Kier molecular flexibility index (Phi) is 6.72. The van der Waals surface area contributed by atoms with Crippen molar-refractivity contribution in [1.29, 1.82) is 0 Å². The lowest BCUT2D eigenvalue weighted by Crippen LogP contribution is -2.24. The molecule has 2 aromatic heterocycles. The maximum absolute atomic E-state index is 12.9. The second-order valence-electron chi connectivity index (χ2n) is 9.25. The molecule has 1 unspecified atom stereocenters. The Labute approximate surface area is 215 Å². The summed E-state index contributed by atoms with van der Waals surface area (Å²) in [5.74, 6) is 1.05. The molecule has 0 aliphatic carbocycles. The fourth-order valence-corrected chi connectivity index (χ4v) is 4.86. The largest absolute Gasteiger partial charge is 0.491 e. The first-order valence-electron chi connectivity index (χ1n) is 12.5. The summed E-state index contributed by atoms with van der Waals surface area (Å²) in [7, 11) is 0. The predicted molar refractivity (Wildman–Crippen MR) is 145 cm³/mol. The van der Waals surface area contributed by atoms with Crippen molar-refractivity contribution in [2.45, 2.75) is 40.3 Å². The topological polar surface area (TPSA) is 78.5 Å². The summed E-state index contributed by atoms with van der Waals surface area (Å²) >= 11 is 0. The van der Waals surface area contributed by atoms with Crippen LogP contribution in [0.25, 0.3) is 27.6 Å². The van der Waals surface area contributed by atoms with Crippen LogP contribution in [-0.4, -0.2) is 44.5 Å². The highest BCUT2D eigenvalue weighted by atomic mass is 16.5. The monoisotopic (exact) mass is 497 g/mol. The van der Waals surface area contributed by atoms with Crippen molar-refractivity contribution in [3.63, 3.8) is 0 Å². The maximum Gasteiger partial charge on any atom is 0.340 e. The molecule has 0 aliphatic heterocycles. The van der Waals surface area contributed by atoms with E-state index in [4.69, 9.17) is 9.47 Å². The summed E-state index contributed by atoms with van der Waals surface area (Å²) < 4.78 is 15.4. The van der Waals surface area contributed by atoms with Crippen LogP contribution >= 0.6 is 0 Å². The molecule has 0 radical (unpaired) electrons. The molecule has 1 atom stereocenters. The van der Waals surface area contributed by atoms with Gasteiger partial charge in [-0.05, 0) is 70.2 Å². The summed E-state index contributed by atoms with van der Waals surface area (Å²) in [4.78, 5) is 17.5. The van der Waals surface area contributed by atoms with Crippen molar-refractivity contribution in [2.24, 2.45) is 0 Å². The number of rotatable bonds is 8. The summed E-state index contributed by atoms with van der Waals surface area (Å²) in [6.07, 6.45) is -0.740. The lowest BCUT2D eigenvalue weighted by molar-refractivity contribution is 0.0527. The van der Waals surface area contributed by atoms with E-state index in [9.17, 15) is 9.90 Å². The van der Waals surface area contributed by atoms with Crippen molar-refractivity contribution in [2.75, 3.05) is 13.2 Å². The molecule has 0 saturated heterocycles. The highest BCUT2D eigenvalue weighted by Crippen LogP contribution is 2.33. The fourth-order valence-electron chi connectivity index (χ4n) is 4.86. The molecule has 7 heteroatoms. The number of aryl methyl sites for hydroxylation is 2. The summed E-state index contributed by atoms with van der Waals surface area (Å²) in [6.45, 7) is 8.46. The zero-order valence-corrected chi connectivity index (χ0v) is 21.6. The number of aliphatic hydroxyl groups excluding tert-OH is 1. The lowest BCUT2D eigenvalue weighted by atomic mass is 10.1. The number of aromatic nitrogens is 3. The van der Waals surface area contributed by atoms with Gasteiger partial charge in [0.05, 0.1) is 35.3 Å². The predicted octanol–water partition coefficient (Wildman–Crippen LogP) is 5.52. The van der Waals surface area contributed by atoms with Gasteiger partial charge in [-0.25, -0.2) is 9.78 Å². The second-order valence-corrected chi connectivity index (χ2v) is 9.25. The van der Waals surface area contributed by atoms with Gasteiger partial charge in [0, 0.05) is 16.8 Å². The number of ether oxygens (including phenoxy) is 2. The van der Waals surface area contributed by atoms with E-state index in [-0.39, 0.29) is 12.6 Å². The van der Waals surface area contributed by atoms with Crippen molar-refractivity contribution in [3.05, 3.63) is 89.4 Å². The Hall–Kier alpha value is -4.10. The number of para-hydroxylation sites is 2. The first-order chi connectivity index (χ1) is 17.9. The molecule has 0 bridgehead atoms. The van der Waals surface area contributed by atoms with Crippen molar-refractivity contribution >= 4 is 27.9 Å². The molecule has 2 heterocycles. The highest BCUT2D eigenvalue weighted by Gasteiger charge is 2.23. The van der Waals surface area contributed by atoms with Gasteiger partial charge in [-0.3, -0.25) is 0 Å².